The molecule has 0 saturated heterocycles. The van der Waals surface area contributed by atoms with Crippen LogP contribution in [0.5, 0.6) is 0 Å². The predicted octanol–water partition coefficient (Wildman–Crippen LogP) is 1.61. The van der Waals surface area contributed by atoms with Crippen molar-refractivity contribution in [3.05, 3.63) is 30.7 Å². The standard InChI is InChI=1S/C9H6N4O/c1-2-7-9(14-13-12-7)3-6(1)8-4-10-5-11-8/h1-5H,(H,10,11). The van der Waals surface area contributed by atoms with Crippen molar-refractivity contribution < 1.29 is 4.52 Å². The molecule has 2 heterocycles. The number of benzene rings is 1. The van der Waals surface area contributed by atoms with Gasteiger partial charge in [0, 0.05) is 10.8 Å². The van der Waals surface area contributed by atoms with Gasteiger partial charge in [-0.05, 0) is 12.1 Å². The van der Waals surface area contributed by atoms with E-state index in [9.17, 15) is 0 Å². The molecule has 0 aliphatic carbocycles. The van der Waals surface area contributed by atoms with Crippen LogP contribution in [-0.2, 0) is 0 Å². The molecule has 2 aromatic heterocycles. The van der Waals surface area contributed by atoms with Crippen LogP contribution in [0.4, 0.5) is 0 Å². The first-order valence-electron chi connectivity index (χ1n) is 4.14. The van der Waals surface area contributed by atoms with Gasteiger partial charge >= 0.3 is 0 Å². The first-order valence-corrected chi connectivity index (χ1v) is 4.14. The van der Waals surface area contributed by atoms with Gasteiger partial charge in [0.1, 0.15) is 5.52 Å². The average Bonchev–Trinajstić information content (AvgIpc) is 2.88. The Morgan fingerprint density at radius 2 is 2.29 bits per heavy atom. The zero-order valence-corrected chi connectivity index (χ0v) is 7.14. The first-order chi connectivity index (χ1) is 6.93. The van der Waals surface area contributed by atoms with Crippen LogP contribution in [0.3, 0.4) is 0 Å². The van der Waals surface area contributed by atoms with Crippen LogP contribution < -0.4 is 0 Å². The highest BCUT2D eigenvalue weighted by Crippen LogP contribution is 2.20. The number of imidazole rings is 1. The summed E-state index contributed by atoms with van der Waals surface area (Å²) < 4.78 is 4.96. The van der Waals surface area contributed by atoms with E-state index < -0.39 is 0 Å². The van der Waals surface area contributed by atoms with Gasteiger partial charge in [-0.2, -0.15) is 0 Å². The fourth-order valence-electron chi connectivity index (χ4n) is 1.36. The van der Waals surface area contributed by atoms with Gasteiger partial charge < -0.3 is 9.51 Å². The largest absolute Gasteiger partial charge is 0.345 e. The molecule has 14 heavy (non-hydrogen) atoms. The van der Waals surface area contributed by atoms with Gasteiger partial charge in [-0.3, -0.25) is 0 Å². The Balaban J connectivity index is 2.23. The maximum Gasteiger partial charge on any atom is 0.188 e. The Hall–Kier alpha value is -2.17. The maximum atomic E-state index is 4.96. The summed E-state index contributed by atoms with van der Waals surface area (Å²) in [6.45, 7) is 0. The van der Waals surface area contributed by atoms with Crippen molar-refractivity contribution in [1.82, 2.24) is 20.3 Å². The number of fused-ring (bicyclic) bond motifs is 1. The van der Waals surface area contributed by atoms with E-state index in [0.717, 1.165) is 16.8 Å². The minimum atomic E-state index is 0.678. The lowest BCUT2D eigenvalue weighted by atomic mass is 10.1. The number of nitrogens with zero attached hydrogens (tertiary/aromatic N) is 3. The molecule has 1 aromatic carbocycles. The number of hydrogen-bond acceptors (Lipinski definition) is 4. The molecule has 0 bridgehead atoms. The van der Waals surface area contributed by atoms with Gasteiger partial charge in [-0.15, -0.1) is 5.10 Å². The van der Waals surface area contributed by atoms with Gasteiger partial charge in [0.05, 0.1) is 18.2 Å². The third-order valence-electron chi connectivity index (χ3n) is 2.06. The molecule has 0 fully saturated rings. The second kappa shape index (κ2) is 2.66. The molecule has 1 N–H and O–H groups in total. The highest BCUT2D eigenvalue weighted by Gasteiger charge is 2.03. The minimum absolute atomic E-state index is 0.678. The normalized spacial score (nSPS) is 10.9. The van der Waals surface area contributed by atoms with Crippen LogP contribution in [-0.4, -0.2) is 20.3 Å². The van der Waals surface area contributed by atoms with E-state index >= 15 is 0 Å². The summed E-state index contributed by atoms with van der Waals surface area (Å²) in [5.74, 6) is 0. The third-order valence-corrected chi connectivity index (χ3v) is 2.06. The van der Waals surface area contributed by atoms with Crippen LogP contribution >= 0.6 is 0 Å². The summed E-state index contributed by atoms with van der Waals surface area (Å²) >= 11 is 0. The summed E-state index contributed by atoms with van der Waals surface area (Å²) in [5.41, 5.74) is 3.39. The summed E-state index contributed by atoms with van der Waals surface area (Å²) in [6.07, 6.45) is 3.39. The number of nitrogens with one attached hydrogen (secondary N) is 1. The summed E-state index contributed by atoms with van der Waals surface area (Å²) in [6, 6.07) is 5.69. The Bertz CT molecular complexity index is 555. The number of H-pyrrole nitrogens is 1. The van der Waals surface area contributed by atoms with E-state index in [1.54, 1.807) is 12.5 Å². The molecule has 0 radical (unpaired) electrons. The Morgan fingerprint density at radius 1 is 1.29 bits per heavy atom. The highest BCUT2D eigenvalue weighted by molar-refractivity contribution is 5.78. The summed E-state index contributed by atoms with van der Waals surface area (Å²) in [4.78, 5) is 6.97. The molecule has 0 amide bonds. The van der Waals surface area contributed by atoms with Crippen molar-refractivity contribution >= 4 is 11.1 Å². The zero-order chi connectivity index (χ0) is 9.38. The lowest BCUT2D eigenvalue weighted by molar-refractivity contribution is 0.424. The van der Waals surface area contributed by atoms with Crippen LogP contribution in [0.1, 0.15) is 0 Å². The van der Waals surface area contributed by atoms with Gasteiger partial charge in [0.15, 0.2) is 5.58 Å². The average molecular weight is 186 g/mol. The van der Waals surface area contributed by atoms with Gasteiger partial charge in [0.2, 0.25) is 0 Å². The van der Waals surface area contributed by atoms with Crippen molar-refractivity contribution in [2.45, 2.75) is 0 Å². The molecular formula is C9H6N4O. The van der Waals surface area contributed by atoms with Crippen molar-refractivity contribution in [3.63, 3.8) is 0 Å². The fourth-order valence-corrected chi connectivity index (χ4v) is 1.36. The second-order valence-corrected chi connectivity index (χ2v) is 2.92. The minimum Gasteiger partial charge on any atom is -0.345 e. The maximum absolute atomic E-state index is 4.96. The molecule has 0 unspecified atom stereocenters. The fraction of sp³-hybridized carbons (Fsp3) is 0. The highest BCUT2D eigenvalue weighted by atomic mass is 16.5. The van der Waals surface area contributed by atoms with Crippen molar-refractivity contribution in [3.8, 4) is 11.3 Å². The molecule has 5 nitrogen and oxygen atoms in total. The number of hydrogen-bond donors (Lipinski definition) is 1. The van der Waals surface area contributed by atoms with E-state index in [2.05, 4.69) is 20.3 Å². The van der Waals surface area contributed by atoms with Crippen molar-refractivity contribution in [2.24, 2.45) is 0 Å². The van der Waals surface area contributed by atoms with Crippen LogP contribution in [0.15, 0.2) is 35.2 Å². The van der Waals surface area contributed by atoms with Gasteiger partial charge in [-0.1, -0.05) is 6.07 Å². The lowest BCUT2D eigenvalue weighted by Crippen LogP contribution is -1.76. The molecule has 0 saturated carbocycles. The third kappa shape index (κ3) is 0.990. The molecular weight excluding hydrogens is 180 g/mol. The van der Waals surface area contributed by atoms with Crippen LogP contribution in [0, 0.1) is 0 Å². The van der Waals surface area contributed by atoms with Crippen LogP contribution in [0.25, 0.3) is 22.4 Å². The molecule has 5 heteroatoms. The van der Waals surface area contributed by atoms with Gasteiger partial charge in [-0.25, -0.2) is 4.98 Å². The molecule has 3 rings (SSSR count). The quantitative estimate of drug-likeness (QED) is 0.626. The molecule has 0 aliphatic rings. The van der Waals surface area contributed by atoms with Gasteiger partial charge in [0.25, 0.3) is 0 Å². The summed E-state index contributed by atoms with van der Waals surface area (Å²) in [7, 11) is 0. The van der Waals surface area contributed by atoms with E-state index in [4.69, 9.17) is 4.52 Å². The molecule has 0 spiro atoms. The Labute approximate surface area is 78.8 Å². The predicted molar refractivity (Wildman–Crippen MR) is 49.4 cm³/mol. The number of aromatic amines is 1. The van der Waals surface area contributed by atoms with Crippen molar-refractivity contribution in [2.75, 3.05) is 0 Å². The Morgan fingerprint density at radius 3 is 3.14 bits per heavy atom. The zero-order valence-electron chi connectivity index (χ0n) is 7.14. The Kier molecular flexibility index (Phi) is 1.38. The van der Waals surface area contributed by atoms with E-state index in [-0.39, 0.29) is 0 Å². The van der Waals surface area contributed by atoms with E-state index in [1.165, 1.54) is 0 Å². The number of rotatable bonds is 1. The summed E-state index contributed by atoms with van der Waals surface area (Å²) in [5, 5.41) is 7.27. The van der Waals surface area contributed by atoms with Crippen molar-refractivity contribution in [1.29, 1.82) is 0 Å². The van der Waals surface area contributed by atoms with E-state index in [1.807, 2.05) is 18.2 Å². The molecule has 3 aromatic rings. The number of aromatic nitrogens is 4. The second-order valence-electron chi connectivity index (χ2n) is 2.92. The first kappa shape index (κ1) is 7.25. The monoisotopic (exact) mass is 186 g/mol. The topological polar surface area (TPSA) is 67.6 Å². The molecule has 0 atom stereocenters. The van der Waals surface area contributed by atoms with E-state index in [0.29, 0.717) is 5.58 Å². The molecule has 0 aliphatic heterocycles. The smallest absolute Gasteiger partial charge is 0.188 e. The molecule has 68 valence electrons. The SMILES string of the molecule is c1ncc(-c2ccc3nnoc3c2)[nH]1. The lowest BCUT2D eigenvalue weighted by Gasteiger charge is -1.94. The van der Waals surface area contributed by atoms with Crippen LogP contribution in [0.2, 0.25) is 0 Å².